The van der Waals surface area contributed by atoms with Crippen molar-refractivity contribution in [2.75, 3.05) is 5.32 Å². The van der Waals surface area contributed by atoms with E-state index in [1.54, 1.807) is 0 Å². The van der Waals surface area contributed by atoms with E-state index in [0.29, 0.717) is 6.04 Å². The number of hydrogen-bond acceptors (Lipinski definition) is 1. The van der Waals surface area contributed by atoms with E-state index in [-0.39, 0.29) is 0 Å². The van der Waals surface area contributed by atoms with Crippen molar-refractivity contribution in [3.05, 3.63) is 29.8 Å². The first-order chi connectivity index (χ1) is 6.20. The van der Waals surface area contributed by atoms with Gasteiger partial charge in [-0.3, -0.25) is 0 Å². The number of anilines is 1. The second-order valence-electron chi connectivity index (χ2n) is 3.11. The molecule has 0 atom stereocenters. The lowest BCUT2D eigenvalue weighted by molar-refractivity contribution is 0.897. The zero-order valence-electron chi connectivity index (χ0n) is 9.39. The van der Waals surface area contributed by atoms with E-state index in [1.807, 2.05) is 13.8 Å². The Labute approximate surface area is 82.2 Å². The van der Waals surface area contributed by atoms with Crippen molar-refractivity contribution in [2.24, 2.45) is 0 Å². The van der Waals surface area contributed by atoms with Crippen molar-refractivity contribution in [2.45, 2.75) is 40.7 Å². The summed E-state index contributed by atoms with van der Waals surface area (Å²) in [6.07, 6.45) is 0. The molecule has 0 radical (unpaired) electrons. The lowest BCUT2D eigenvalue weighted by Crippen LogP contribution is -2.10. The number of rotatable bonds is 2. The molecule has 0 spiro atoms. The normalized spacial score (nSPS) is 9.08. The second-order valence-corrected chi connectivity index (χ2v) is 3.11. The highest BCUT2D eigenvalue weighted by atomic mass is 14.9. The molecule has 0 fully saturated rings. The van der Waals surface area contributed by atoms with Gasteiger partial charge in [-0.25, -0.2) is 0 Å². The molecule has 1 heteroatoms. The van der Waals surface area contributed by atoms with Crippen molar-refractivity contribution in [1.29, 1.82) is 0 Å². The van der Waals surface area contributed by atoms with E-state index in [1.165, 1.54) is 11.3 Å². The Kier molecular flexibility index (Phi) is 6.03. The zero-order valence-corrected chi connectivity index (χ0v) is 9.39. The molecule has 1 nitrogen and oxygen atoms in total. The highest BCUT2D eigenvalue weighted by molar-refractivity contribution is 5.50. The summed E-state index contributed by atoms with van der Waals surface area (Å²) in [5.41, 5.74) is 2.55. The van der Waals surface area contributed by atoms with E-state index in [0.717, 1.165) is 0 Å². The molecule has 13 heavy (non-hydrogen) atoms. The third kappa shape index (κ3) is 4.56. The maximum absolute atomic E-state index is 3.37. The van der Waals surface area contributed by atoms with Gasteiger partial charge in [-0.15, -0.1) is 0 Å². The van der Waals surface area contributed by atoms with Crippen LogP contribution in [0.2, 0.25) is 0 Å². The van der Waals surface area contributed by atoms with Gasteiger partial charge in [-0.1, -0.05) is 32.0 Å². The molecule has 0 aliphatic carbocycles. The number of benzene rings is 1. The minimum atomic E-state index is 0.510. The second kappa shape index (κ2) is 6.53. The van der Waals surface area contributed by atoms with Crippen molar-refractivity contribution in [3.63, 3.8) is 0 Å². The van der Waals surface area contributed by atoms with Crippen LogP contribution < -0.4 is 5.32 Å². The third-order valence-corrected chi connectivity index (χ3v) is 1.59. The largest absolute Gasteiger partial charge is 0.383 e. The Bertz CT molecular complexity index is 228. The highest BCUT2D eigenvalue weighted by Gasteiger charge is 1.96. The highest BCUT2D eigenvalue weighted by Crippen LogP contribution is 2.13. The average Bonchev–Trinajstić information content (AvgIpc) is 2.12. The predicted octanol–water partition coefficient (Wildman–Crippen LogP) is 3.84. The topological polar surface area (TPSA) is 12.0 Å². The number of aryl methyl sites for hydroxylation is 1. The van der Waals surface area contributed by atoms with Crippen molar-refractivity contribution >= 4 is 5.69 Å². The maximum Gasteiger partial charge on any atom is 0.0371 e. The Morgan fingerprint density at radius 3 is 2.08 bits per heavy atom. The SMILES string of the molecule is CC.Cc1ccccc1NC(C)C. The molecule has 1 aromatic rings. The lowest BCUT2D eigenvalue weighted by atomic mass is 10.2. The van der Waals surface area contributed by atoms with Gasteiger partial charge in [-0.2, -0.15) is 0 Å². The number of para-hydroxylation sites is 1. The van der Waals surface area contributed by atoms with Gasteiger partial charge in [0.05, 0.1) is 0 Å². The summed E-state index contributed by atoms with van der Waals surface area (Å²) in [4.78, 5) is 0. The fourth-order valence-corrected chi connectivity index (χ4v) is 1.05. The Morgan fingerprint density at radius 1 is 1.08 bits per heavy atom. The Morgan fingerprint density at radius 2 is 1.62 bits per heavy atom. The van der Waals surface area contributed by atoms with Crippen LogP contribution >= 0.6 is 0 Å². The molecule has 1 rings (SSSR count). The van der Waals surface area contributed by atoms with Gasteiger partial charge < -0.3 is 5.32 Å². The number of hydrogen-bond donors (Lipinski definition) is 1. The molecule has 0 amide bonds. The van der Waals surface area contributed by atoms with Crippen LogP contribution in [0, 0.1) is 6.92 Å². The smallest absolute Gasteiger partial charge is 0.0371 e. The summed E-state index contributed by atoms with van der Waals surface area (Å²) in [6.45, 7) is 10.4. The van der Waals surface area contributed by atoms with Gasteiger partial charge >= 0.3 is 0 Å². The molecule has 0 aromatic heterocycles. The summed E-state index contributed by atoms with van der Waals surface area (Å²) in [5, 5.41) is 3.37. The summed E-state index contributed by atoms with van der Waals surface area (Å²) in [7, 11) is 0. The first-order valence-electron chi connectivity index (χ1n) is 5.02. The van der Waals surface area contributed by atoms with Crippen LogP contribution in [-0.2, 0) is 0 Å². The van der Waals surface area contributed by atoms with Gasteiger partial charge in [-0.05, 0) is 32.4 Å². The van der Waals surface area contributed by atoms with E-state index < -0.39 is 0 Å². The molecule has 0 aliphatic rings. The maximum atomic E-state index is 3.37. The summed E-state index contributed by atoms with van der Waals surface area (Å²) >= 11 is 0. The average molecular weight is 179 g/mol. The van der Waals surface area contributed by atoms with Crippen LogP contribution in [0.4, 0.5) is 5.69 Å². The lowest BCUT2D eigenvalue weighted by Gasteiger charge is -2.11. The first-order valence-corrected chi connectivity index (χ1v) is 5.02. The van der Waals surface area contributed by atoms with Crippen molar-refractivity contribution in [3.8, 4) is 0 Å². The molecule has 1 aromatic carbocycles. The van der Waals surface area contributed by atoms with Crippen molar-refractivity contribution in [1.82, 2.24) is 0 Å². The standard InChI is InChI=1S/C10H15N.C2H6/c1-8(2)11-10-7-5-4-6-9(10)3;1-2/h4-8,11H,1-3H3;1-2H3. The Balaban J connectivity index is 0.000000671. The molecular formula is C12H21N. The molecule has 0 saturated carbocycles. The van der Waals surface area contributed by atoms with Crippen LogP contribution in [0.5, 0.6) is 0 Å². The van der Waals surface area contributed by atoms with Gasteiger partial charge in [0.15, 0.2) is 0 Å². The minimum absolute atomic E-state index is 0.510. The van der Waals surface area contributed by atoms with E-state index >= 15 is 0 Å². The molecule has 0 saturated heterocycles. The quantitative estimate of drug-likeness (QED) is 0.727. The van der Waals surface area contributed by atoms with Gasteiger partial charge in [0.25, 0.3) is 0 Å². The van der Waals surface area contributed by atoms with E-state index in [4.69, 9.17) is 0 Å². The van der Waals surface area contributed by atoms with Gasteiger partial charge in [0.1, 0.15) is 0 Å². The molecule has 0 unspecified atom stereocenters. The molecule has 0 heterocycles. The fourth-order valence-electron chi connectivity index (χ4n) is 1.05. The Hall–Kier alpha value is -0.980. The van der Waals surface area contributed by atoms with Gasteiger partial charge in [0.2, 0.25) is 0 Å². The fraction of sp³-hybridized carbons (Fsp3) is 0.500. The monoisotopic (exact) mass is 179 g/mol. The number of nitrogens with one attached hydrogen (secondary N) is 1. The van der Waals surface area contributed by atoms with E-state index in [9.17, 15) is 0 Å². The van der Waals surface area contributed by atoms with Crippen molar-refractivity contribution < 1.29 is 0 Å². The van der Waals surface area contributed by atoms with Crippen LogP contribution in [0.15, 0.2) is 24.3 Å². The van der Waals surface area contributed by atoms with Gasteiger partial charge in [0, 0.05) is 11.7 Å². The van der Waals surface area contributed by atoms with E-state index in [2.05, 4.69) is 50.4 Å². The van der Waals surface area contributed by atoms with Crippen LogP contribution in [0.25, 0.3) is 0 Å². The third-order valence-electron chi connectivity index (χ3n) is 1.59. The first kappa shape index (κ1) is 12.0. The summed E-state index contributed by atoms with van der Waals surface area (Å²) < 4.78 is 0. The van der Waals surface area contributed by atoms with Crippen LogP contribution in [0.3, 0.4) is 0 Å². The summed E-state index contributed by atoms with van der Waals surface area (Å²) in [5.74, 6) is 0. The molecular weight excluding hydrogens is 158 g/mol. The minimum Gasteiger partial charge on any atom is -0.383 e. The molecule has 74 valence electrons. The zero-order chi connectivity index (χ0) is 10.3. The van der Waals surface area contributed by atoms with Crippen LogP contribution in [-0.4, -0.2) is 6.04 Å². The molecule has 1 N–H and O–H groups in total. The van der Waals surface area contributed by atoms with Crippen LogP contribution in [0.1, 0.15) is 33.3 Å². The molecule has 0 bridgehead atoms. The molecule has 0 aliphatic heterocycles. The predicted molar refractivity (Wildman–Crippen MR) is 61.3 cm³/mol. The summed E-state index contributed by atoms with van der Waals surface area (Å²) in [6, 6.07) is 8.84.